The van der Waals surface area contributed by atoms with Gasteiger partial charge in [-0.25, -0.2) is 4.98 Å². The smallest absolute Gasteiger partial charge is 0.261 e. The number of methoxy groups -OCH3 is 1. The van der Waals surface area contributed by atoms with E-state index in [0.29, 0.717) is 22.3 Å². The fraction of sp³-hybridized carbons (Fsp3) is 0.300. The van der Waals surface area contributed by atoms with Crippen LogP contribution in [0.15, 0.2) is 42.5 Å². The molecule has 1 heterocycles. The minimum absolute atomic E-state index is 0.134. The predicted molar refractivity (Wildman–Crippen MR) is 112 cm³/mol. The van der Waals surface area contributed by atoms with E-state index < -0.39 is 0 Å². The van der Waals surface area contributed by atoms with Gasteiger partial charge in [0.25, 0.3) is 5.91 Å². The first kappa shape index (κ1) is 19.6. The summed E-state index contributed by atoms with van der Waals surface area (Å²) >= 11 is 7.76. The quantitative estimate of drug-likeness (QED) is 0.580. The highest BCUT2D eigenvalue weighted by molar-refractivity contribution is 7.22. The van der Waals surface area contributed by atoms with Crippen LogP contribution in [0.4, 0.5) is 5.13 Å². The van der Waals surface area contributed by atoms with Gasteiger partial charge in [-0.3, -0.25) is 9.69 Å². The lowest BCUT2D eigenvalue weighted by Gasteiger charge is -2.21. The van der Waals surface area contributed by atoms with E-state index in [4.69, 9.17) is 16.3 Å². The Labute approximate surface area is 168 Å². The number of fused-ring (bicyclic) bond motifs is 1. The van der Waals surface area contributed by atoms with Crippen LogP contribution >= 0.6 is 22.9 Å². The second-order valence-corrected chi connectivity index (χ2v) is 7.84. The fourth-order valence-electron chi connectivity index (χ4n) is 2.75. The van der Waals surface area contributed by atoms with Crippen LogP contribution in [0.25, 0.3) is 10.2 Å². The zero-order chi connectivity index (χ0) is 19.4. The number of carbonyl (C=O) groups excluding carboxylic acids is 1. The lowest BCUT2D eigenvalue weighted by atomic mass is 10.2. The number of hydrogen-bond acceptors (Lipinski definition) is 5. The van der Waals surface area contributed by atoms with E-state index in [1.807, 2.05) is 44.4 Å². The minimum Gasteiger partial charge on any atom is -0.497 e. The van der Waals surface area contributed by atoms with Crippen molar-refractivity contribution in [2.24, 2.45) is 0 Å². The van der Waals surface area contributed by atoms with E-state index in [2.05, 4.69) is 9.88 Å². The molecule has 0 saturated carbocycles. The molecule has 1 amide bonds. The normalized spacial score (nSPS) is 11.1. The summed E-state index contributed by atoms with van der Waals surface area (Å²) < 4.78 is 6.29. The summed E-state index contributed by atoms with van der Waals surface area (Å²) in [5.41, 5.74) is 1.31. The van der Waals surface area contributed by atoms with E-state index >= 15 is 0 Å². The fourth-order valence-corrected chi connectivity index (χ4v) is 3.93. The standard InChI is InChI=1S/C20H22ClN3O2S/c1-23(2)11-6-12-24(19(25)15-7-4-5-8-16(15)21)20-22-17-13-14(26-3)9-10-18(17)27-20/h4-5,7-10,13H,6,11-12H2,1-3H3. The molecule has 5 nitrogen and oxygen atoms in total. The molecule has 0 unspecified atom stereocenters. The summed E-state index contributed by atoms with van der Waals surface area (Å²) in [7, 11) is 5.66. The zero-order valence-electron chi connectivity index (χ0n) is 15.6. The maximum absolute atomic E-state index is 13.2. The number of hydrogen-bond donors (Lipinski definition) is 0. The first-order valence-corrected chi connectivity index (χ1v) is 9.84. The van der Waals surface area contributed by atoms with E-state index in [-0.39, 0.29) is 5.91 Å². The Bertz CT molecular complexity index is 942. The van der Waals surface area contributed by atoms with Crippen LogP contribution in [-0.4, -0.2) is 50.1 Å². The first-order valence-electron chi connectivity index (χ1n) is 8.65. The molecule has 7 heteroatoms. The van der Waals surface area contributed by atoms with Gasteiger partial charge in [-0.2, -0.15) is 0 Å². The number of ether oxygens (including phenoxy) is 1. The highest BCUT2D eigenvalue weighted by Crippen LogP contribution is 2.32. The van der Waals surface area contributed by atoms with Crippen LogP contribution in [-0.2, 0) is 0 Å². The average molecular weight is 404 g/mol. The summed E-state index contributed by atoms with van der Waals surface area (Å²) in [5.74, 6) is 0.612. The maximum Gasteiger partial charge on any atom is 0.261 e. The van der Waals surface area contributed by atoms with Crippen LogP contribution < -0.4 is 9.64 Å². The van der Waals surface area contributed by atoms with Crippen molar-refractivity contribution in [3.63, 3.8) is 0 Å². The molecule has 0 saturated heterocycles. The highest BCUT2D eigenvalue weighted by atomic mass is 35.5. The maximum atomic E-state index is 13.2. The number of aromatic nitrogens is 1. The molecular weight excluding hydrogens is 382 g/mol. The number of anilines is 1. The van der Waals surface area contributed by atoms with Gasteiger partial charge >= 0.3 is 0 Å². The summed E-state index contributed by atoms with van der Waals surface area (Å²) in [6.45, 7) is 1.45. The van der Waals surface area contributed by atoms with Gasteiger partial charge in [0.15, 0.2) is 5.13 Å². The van der Waals surface area contributed by atoms with Crippen molar-refractivity contribution in [3.8, 4) is 5.75 Å². The van der Waals surface area contributed by atoms with E-state index in [9.17, 15) is 4.79 Å². The highest BCUT2D eigenvalue weighted by Gasteiger charge is 2.23. The van der Waals surface area contributed by atoms with E-state index in [0.717, 1.165) is 28.9 Å². The van der Waals surface area contributed by atoms with Crippen LogP contribution in [0.5, 0.6) is 5.75 Å². The summed E-state index contributed by atoms with van der Waals surface area (Å²) in [6, 6.07) is 12.9. The summed E-state index contributed by atoms with van der Waals surface area (Å²) in [5, 5.41) is 1.12. The first-order chi connectivity index (χ1) is 13.0. The van der Waals surface area contributed by atoms with Gasteiger partial charge in [-0.15, -0.1) is 0 Å². The third-order valence-corrected chi connectivity index (χ3v) is 5.54. The average Bonchev–Trinajstić information content (AvgIpc) is 3.07. The number of halogens is 1. The van der Waals surface area contributed by atoms with Gasteiger partial charge in [0.1, 0.15) is 5.75 Å². The monoisotopic (exact) mass is 403 g/mol. The Morgan fingerprint density at radius 2 is 1.96 bits per heavy atom. The Morgan fingerprint density at radius 1 is 1.19 bits per heavy atom. The molecule has 142 valence electrons. The molecule has 0 atom stereocenters. The molecule has 27 heavy (non-hydrogen) atoms. The predicted octanol–water partition coefficient (Wildman–Crippen LogP) is 4.56. The van der Waals surface area contributed by atoms with Gasteiger partial charge in [0, 0.05) is 12.6 Å². The van der Waals surface area contributed by atoms with Crippen LogP contribution in [0.1, 0.15) is 16.8 Å². The van der Waals surface area contributed by atoms with Gasteiger partial charge < -0.3 is 9.64 Å². The Balaban J connectivity index is 1.96. The summed E-state index contributed by atoms with van der Waals surface area (Å²) in [4.78, 5) is 21.7. The minimum atomic E-state index is -0.134. The Hall–Kier alpha value is -2.15. The second-order valence-electron chi connectivity index (χ2n) is 6.42. The van der Waals surface area contributed by atoms with Gasteiger partial charge in [0.2, 0.25) is 0 Å². The van der Waals surface area contributed by atoms with Crippen LogP contribution in [0.3, 0.4) is 0 Å². The Kier molecular flexibility index (Phi) is 6.31. The largest absolute Gasteiger partial charge is 0.497 e. The van der Waals surface area contributed by atoms with Gasteiger partial charge in [0.05, 0.1) is 27.9 Å². The number of rotatable bonds is 7. The molecule has 0 radical (unpaired) electrons. The molecule has 1 aromatic heterocycles. The molecule has 0 bridgehead atoms. The van der Waals surface area contributed by atoms with Crippen molar-refractivity contribution in [1.82, 2.24) is 9.88 Å². The third kappa shape index (κ3) is 4.58. The van der Waals surface area contributed by atoms with Crippen LogP contribution in [0.2, 0.25) is 5.02 Å². The lowest BCUT2D eigenvalue weighted by Crippen LogP contribution is -2.33. The lowest BCUT2D eigenvalue weighted by molar-refractivity contribution is 0.0986. The SMILES string of the molecule is COc1ccc2sc(N(CCCN(C)C)C(=O)c3ccccc3Cl)nc2c1. The topological polar surface area (TPSA) is 45.7 Å². The van der Waals surface area contributed by atoms with Crippen molar-refractivity contribution >= 4 is 44.2 Å². The van der Waals surface area contributed by atoms with Crippen molar-refractivity contribution in [3.05, 3.63) is 53.1 Å². The molecule has 2 aromatic carbocycles. The van der Waals surface area contributed by atoms with Crippen molar-refractivity contribution < 1.29 is 9.53 Å². The molecule has 3 rings (SSSR count). The van der Waals surface area contributed by atoms with Crippen molar-refractivity contribution in [2.75, 3.05) is 39.2 Å². The van der Waals surface area contributed by atoms with E-state index in [1.165, 1.54) is 11.3 Å². The molecule has 0 fully saturated rings. The molecule has 3 aromatic rings. The Morgan fingerprint density at radius 3 is 2.67 bits per heavy atom. The number of nitrogens with zero attached hydrogens (tertiary/aromatic N) is 3. The van der Waals surface area contributed by atoms with Crippen LogP contribution in [0, 0.1) is 0 Å². The van der Waals surface area contributed by atoms with E-state index in [1.54, 1.807) is 24.1 Å². The summed E-state index contributed by atoms with van der Waals surface area (Å²) in [6.07, 6.45) is 0.836. The molecule has 0 aliphatic carbocycles. The molecule has 0 aliphatic heterocycles. The third-order valence-electron chi connectivity index (χ3n) is 4.15. The van der Waals surface area contributed by atoms with Gasteiger partial charge in [-0.1, -0.05) is 35.1 Å². The number of benzene rings is 2. The number of thiazole rings is 1. The number of amides is 1. The number of carbonyl (C=O) groups is 1. The molecule has 0 N–H and O–H groups in total. The molecular formula is C20H22ClN3O2S. The second kappa shape index (κ2) is 8.69. The van der Waals surface area contributed by atoms with Gasteiger partial charge in [-0.05, 0) is 51.3 Å². The molecule has 0 aliphatic rings. The zero-order valence-corrected chi connectivity index (χ0v) is 17.2. The van der Waals surface area contributed by atoms with Crippen molar-refractivity contribution in [1.29, 1.82) is 0 Å². The molecule has 0 spiro atoms. The van der Waals surface area contributed by atoms with Crippen molar-refractivity contribution in [2.45, 2.75) is 6.42 Å².